The molecule has 3 aromatic rings. The average Bonchev–Trinajstić information content (AvgIpc) is 2.82. The molecular weight excluding hydrogens is 452 g/mol. The summed E-state index contributed by atoms with van der Waals surface area (Å²) in [6, 6.07) is 7.39. The van der Waals surface area contributed by atoms with Gasteiger partial charge in [0.25, 0.3) is 5.56 Å². The van der Waals surface area contributed by atoms with Crippen molar-refractivity contribution in [2.75, 3.05) is 18.0 Å². The monoisotopic (exact) mass is 484 g/mol. The van der Waals surface area contributed by atoms with Crippen LogP contribution in [0.4, 0.5) is 5.82 Å². The van der Waals surface area contributed by atoms with Crippen molar-refractivity contribution in [3.05, 3.63) is 51.4 Å². The Morgan fingerprint density at radius 2 is 1.69 bits per heavy atom. The normalized spacial score (nSPS) is 18.8. The van der Waals surface area contributed by atoms with Gasteiger partial charge in [-0.1, -0.05) is 6.92 Å². The van der Waals surface area contributed by atoms with Crippen LogP contribution in [0.2, 0.25) is 0 Å². The van der Waals surface area contributed by atoms with E-state index in [1.165, 1.54) is 4.52 Å². The molecule has 0 atom stereocenters. The quantitative estimate of drug-likeness (QED) is 0.437. The number of nitrogens with zero attached hydrogens (tertiary/aromatic N) is 4. The van der Waals surface area contributed by atoms with E-state index in [2.05, 4.69) is 16.8 Å². The van der Waals surface area contributed by atoms with E-state index in [-0.39, 0.29) is 11.7 Å². The van der Waals surface area contributed by atoms with Gasteiger partial charge in [-0.2, -0.15) is 4.52 Å². The maximum absolute atomic E-state index is 12.7. The number of hydrogen-bond acceptors (Lipinski definition) is 7. The molecule has 0 radical (unpaired) electrons. The van der Waals surface area contributed by atoms with Gasteiger partial charge in [0, 0.05) is 54.9 Å². The number of hydrogen-bond donors (Lipinski definition) is 0. The second-order valence-corrected chi connectivity index (χ2v) is 10.9. The van der Waals surface area contributed by atoms with Gasteiger partial charge in [-0.05, 0) is 32.4 Å². The van der Waals surface area contributed by atoms with Crippen molar-refractivity contribution in [1.29, 1.82) is 0 Å². The van der Waals surface area contributed by atoms with E-state index in [0.717, 1.165) is 66.5 Å². The summed E-state index contributed by atoms with van der Waals surface area (Å²) < 4.78 is 20.2. The van der Waals surface area contributed by atoms with Gasteiger partial charge in [-0.25, -0.2) is 4.98 Å². The number of piperidine rings is 1. The summed E-state index contributed by atoms with van der Waals surface area (Å²) in [4.78, 5) is 19.6. The lowest BCUT2D eigenvalue weighted by Gasteiger charge is -2.47. The summed E-state index contributed by atoms with van der Waals surface area (Å²) in [6.07, 6.45) is 2.52. The summed E-state index contributed by atoms with van der Waals surface area (Å²) in [6.45, 7) is 7.67. The van der Waals surface area contributed by atoms with E-state index in [9.17, 15) is 4.79 Å². The Labute approximate surface area is 215 Å². The van der Waals surface area contributed by atoms with Gasteiger partial charge in [-0.3, -0.25) is 4.79 Å². The third-order valence-electron chi connectivity index (χ3n) is 7.88. The Balaban J connectivity index is 1.30. The Hall–Kier alpha value is -3.03. The standard InChI is InChI=1S/C24H32B4N4O4/c1-4-15-11-20(33)32-21(29-15)13(2)14(3)22(30-32)31-9-7-16(8-10-31)34-17-5-6-18-19(12-17)36-24(27,28)23(25,26)35-18/h5-6,11-12,16H,4,7-10,25-28H2,1-3H3. The highest BCUT2D eigenvalue weighted by atomic mass is 16.6. The number of rotatable bonds is 4. The number of anilines is 1. The molecule has 0 amide bonds. The molecular formula is C24H32B4N4O4. The van der Waals surface area contributed by atoms with Crippen LogP contribution in [0, 0.1) is 13.8 Å². The lowest BCUT2D eigenvalue weighted by atomic mass is 9.41. The van der Waals surface area contributed by atoms with E-state index >= 15 is 0 Å². The van der Waals surface area contributed by atoms with Crippen LogP contribution in [0.15, 0.2) is 29.1 Å². The van der Waals surface area contributed by atoms with Crippen LogP contribution in [-0.4, -0.2) is 76.0 Å². The number of aromatic nitrogens is 3. The Kier molecular flexibility index (Phi) is 6.04. The largest absolute Gasteiger partial charge is 0.499 e. The minimum atomic E-state index is -0.456. The van der Waals surface area contributed by atoms with Gasteiger partial charge in [-0.15, -0.1) is 5.10 Å². The van der Waals surface area contributed by atoms with Crippen molar-refractivity contribution in [3.63, 3.8) is 0 Å². The van der Waals surface area contributed by atoms with Gasteiger partial charge in [0.15, 0.2) is 23.0 Å². The molecule has 4 heterocycles. The number of benzene rings is 1. The summed E-state index contributed by atoms with van der Waals surface area (Å²) in [5.41, 5.74) is 3.36. The lowest BCUT2D eigenvalue weighted by molar-refractivity contribution is 0.0609. The van der Waals surface area contributed by atoms with Crippen LogP contribution in [0.25, 0.3) is 5.65 Å². The smallest absolute Gasteiger partial charge is 0.274 e. The molecule has 0 bridgehead atoms. The fourth-order valence-corrected chi connectivity index (χ4v) is 4.75. The predicted molar refractivity (Wildman–Crippen MR) is 151 cm³/mol. The van der Waals surface area contributed by atoms with Crippen LogP contribution < -0.4 is 24.7 Å². The highest BCUT2D eigenvalue weighted by Gasteiger charge is 2.44. The van der Waals surface area contributed by atoms with Gasteiger partial charge in [0.2, 0.25) is 0 Å². The van der Waals surface area contributed by atoms with Crippen molar-refractivity contribution < 1.29 is 14.2 Å². The second kappa shape index (κ2) is 8.82. The molecule has 2 aliphatic heterocycles. The molecule has 0 saturated carbocycles. The zero-order valence-corrected chi connectivity index (χ0v) is 22.3. The first-order chi connectivity index (χ1) is 17.0. The molecule has 8 nitrogen and oxygen atoms in total. The molecule has 184 valence electrons. The molecule has 0 N–H and O–H groups in total. The lowest BCUT2D eigenvalue weighted by Crippen LogP contribution is -2.65. The maximum Gasteiger partial charge on any atom is 0.274 e. The molecule has 36 heavy (non-hydrogen) atoms. The first-order valence-corrected chi connectivity index (χ1v) is 12.8. The number of aryl methyl sites for hydroxylation is 2. The van der Waals surface area contributed by atoms with Crippen LogP contribution >= 0.6 is 0 Å². The molecule has 2 aromatic heterocycles. The first kappa shape index (κ1) is 24.7. The summed E-state index contributed by atoms with van der Waals surface area (Å²) in [7, 11) is 8.15. The van der Waals surface area contributed by atoms with Gasteiger partial charge in [0.05, 0.1) is 10.8 Å². The molecule has 2 aliphatic rings. The van der Waals surface area contributed by atoms with Crippen LogP contribution in [0.5, 0.6) is 17.2 Å². The molecule has 1 fully saturated rings. The zero-order chi connectivity index (χ0) is 25.8. The van der Waals surface area contributed by atoms with Crippen LogP contribution in [0.1, 0.15) is 36.6 Å². The first-order valence-electron chi connectivity index (χ1n) is 12.8. The molecule has 12 heteroatoms. The molecule has 1 aromatic carbocycles. The van der Waals surface area contributed by atoms with E-state index in [4.69, 9.17) is 19.3 Å². The second-order valence-electron chi connectivity index (χ2n) is 10.9. The molecule has 0 aliphatic carbocycles. The van der Waals surface area contributed by atoms with Crippen molar-refractivity contribution in [3.8, 4) is 17.2 Å². The fraction of sp³-hybridized carbons (Fsp3) is 0.458. The van der Waals surface area contributed by atoms with Crippen molar-refractivity contribution in [2.45, 2.75) is 56.9 Å². The molecule has 0 unspecified atom stereocenters. The number of fused-ring (bicyclic) bond motifs is 2. The van der Waals surface area contributed by atoms with E-state index in [1.54, 1.807) is 6.07 Å². The predicted octanol–water partition coefficient (Wildman–Crippen LogP) is -1.07. The van der Waals surface area contributed by atoms with Crippen LogP contribution in [-0.2, 0) is 6.42 Å². The fourth-order valence-electron chi connectivity index (χ4n) is 4.75. The Morgan fingerprint density at radius 1 is 1.03 bits per heavy atom. The third kappa shape index (κ3) is 4.24. The highest BCUT2D eigenvalue weighted by molar-refractivity contribution is 6.53. The Morgan fingerprint density at radius 3 is 2.36 bits per heavy atom. The maximum atomic E-state index is 12.7. The van der Waals surface area contributed by atoms with Crippen molar-refractivity contribution >= 4 is 42.9 Å². The van der Waals surface area contributed by atoms with E-state index < -0.39 is 10.8 Å². The molecule has 0 spiro atoms. The summed E-state index contributed by atoms with van der Waals surface area (Å²) in [5, 5.41) is 3.83. The number of ether oxygens (including phenoxy) is 3. The van der Waals surface area contributed by atoms with E-state index in [1.807, 2.05) is 63.4 Å². The van der Waals surface area contributed by atoms with Crippen LogP contribution in [0.3, 0.4) is 0 Å². The van der Waals surface area contributed by atoms with Gasteiger partial charge >= 0.3 is 0 Å². The minimum absolute atomic E-state index is 0.0895. The average molecular weight is 484 g/mol. The molecule has 1 saturated heterocycles. The summed E-state index contributed by atoms with van der Waals surface area (Å²) >= 11 is 0. The topological polar surface area (TPSA) is 78.2 Å². The van der Waals surface area contributed by atoms with Gasteiger partial charge in [0.1, 0.15) is 43.2 Å². The highest BCUT2D eigenvalue weighted by Crippen LogP contribution is 2.41. The zero-order valence-electron chi connectivity index (χ0n) is 22.3. The summed E-state index contributed by atoms with van der Waals surface area (Å²) in [5.74, 6) is 3.08. The molecule has 5 rings (SSSR count). The van der Waals surface area contributed by atoms with E-state index in [0.29, 0.717) is 11.4 Å². The van der Waals surface area contributed by atoms with Crippen molar-refractivity contribution in [1.82, 2.24) is 14.6 Å². The Bertz CT molecular complexity index is 1390. The minimum Gasteiger partial charge on any atom is -0.499 e. The SMILES string of the molecule is BC1(B)Oc2ccc(OC3CCN(c4nn5c(=O)cc(CC)nc5c(C)c4C)CC3)cc2OC1(B)B. The van der Waals surface area contributed by atoms with Crippen molar-refractivity contribution in [2.24, 2.45) is 0 Å². The van der Waals surface area contributed by atoms with Gasteiger partial charge < -0.3 is 19.1 Å². The third-order valence-corrected chi connectivity index (χ3v) is 7.88.